The number of carbonyl (C=O) groups is 2. The topological polar surface area (TPSA) is 61.9 Å². The maximum atomic E-state index is 12.4. The van der Waals surface area contributed by atoms with Crippen molar-refractivity contribution in [2.24, 2.45) is 0 Å². The van der Waals surface area contributed by atoms with Crippen LogP contribution in [0.25, 0.3) is 0 Å². The minimum absolute atomic E-state index is 0. The molecule has 2 aliphatic heterocycles. The van der Waals surface area contributed by atoms with Gasteiger partial charge in [0.25, 0.3) is 5.91 Å². The van der Waals surface area contributed by atoms with Crippen molar-refractivity contribution in [1.29, 1.82) is 0 Å². The minimum Gasteiger partial charge on any atom is -0.377 e. The van der Waals surface area contributed by atoms with Gasteiger partial charge in [-0.3, -0.25) is 9.59 Å². The van der Waals surface area contributed by atoms with Crippen LogP contribution in [0.2, 0.25) is 0 Å². The van der Waals surface area contributed by atoms with Gasteiger partial charge in [0.15, 0.2) is 0 Å². The summed E-state index contributed by atoms with van der Waals surface area (Å²) in [6.07, 6.45) is 2.43. The first-order chi connectivity index (χ1) is 11.7. The number of piperazine rings is 1. The predicted molar refractivity (Wildman–Crippen MR) is 98.0 cm³/mol. The van der Waals surface area contributed by atoms with Crippen molar-refractivity contribution in [3.63, 3.8) is 0 Å². The molecule has 0 aliphatic carbocycles. The van der Waals surface area contributed by atoms with Crippen LogP contribution in [0.15, 0.2) is 30.3 Å². The van der Waals surface area contributed by atoms with Crippen LogP contribution in [-0.2, 0) is 9.53 Å². The fourth-order valence-electron chi connectivity index (χ4n) is 3.18. The van der Waals surface area contributed by atoms with Crippen LogP contribution in [-0.4, -0.2) is 73.6 Å². The summed E-state index contributed by atoms with van der Waals surface area (Å²) in [6.45, 7) is 4.27. The highest BCUT2D eigenvalue weighted by Gasteiger charge is 2.24. The lowest BCUT2D eigenvalue weighted by Crippen LogP contribution is -2.52. The average molecular weight is 368 g/mol. The number of amides is 2. The molecule has 0 saturated carbocycles. The lowest BCUT2D eigenvalue weighted by atomic mass is 10.2. The molecule has 138 valence electrons. The largest absolute Gasteiger partial charge is 0.377 e. The molecule has 2 aliphatic rings. The summed E-state index contributed by atoms with van der Waals surface area (Å²) in [4.78, 5) is 28.3. The molecule has 2 fully saturated rings. The Bertz CT molecular complexity index is 556. The normalized spacial score (nSPS) is 20.2. The maximum Gasteiger partial charge on any atom is 0.253 e. The van der Waals surface area contributed by atoms with E-state index in [0.717, 1.165) is 26.0 Å². The Morgan fingerprint density at radius 3 is 2.40 bits per heavy atom. The van der Waals surface area contributed by atoms with Gasteiger partial charge in [-0.15, -0.1) is 12.4 Å². The van der Waals surface area contributed by atoms with Crippen molar-refractivity contribution in [2.75, 3.05) is 45.9 Å². The van der Waals surface area contributed by atoms with Gasteiger partial charge < -0.3 is 19.9 Å². The van der Waals surface area contributed by atoms with E-state index >= 15 is 0 Å². The lowest BCUT2D eigenvalue weighted by molar-refractivity contribution is -0.131. The molecule has 25 heavy (non-hydrogen) atoms. The highest BCUT2D eigenvalue weighted by molar-refractivity contribution is 5.94. The summed E-state index contributed by atoms with van der Waals surface area (Å²) >= 11 is 0. The van der Waals surface area contributed by atoms with E-state index in [1.165, 1.54) is 0 Å². The number of hydrogen-bond donors (Lipinski definition) is 1. The standard InChI is InChI=1S/C18H25N3O3.ClH/c22-17(14-19-13-16-7-4-12-24-16)20-8-10-21(11-9-20)18(23)15-5-2-1-3-6-15;/h1-3,5-6,16,19H,4,7-14H2;1H. The molecule has 2 heterocycles. The van der Waals surface area contributed by atoms with Gasteiger partial charge >= 0.3 is 0 Å². The quantitative estimate of drug-likeness (QED) is 0.848. The molecule has 1 N–H and O–H groups in total. The number of ether oxygens (including phenoxy) is 1. The predicted octanol–water partition coefficient (Wildman–Crippen LogP) is 1.16. The number of nitrogens with zero attached hydrogens (tertiary/aromatic N) is 2. The van der Waals surface area contributed by atoms with Crippen LogP contribution in [0, 0.1) is 0 Å². The van der Waals surface area contributed by atoms with Gasteiger partial charge in [-0.2, -0.15) is 0 Å². The Morgan fingerprint density at radius 2 is 1.76 bits per heavy atom. The zero-order valence-corrected chi connectivity index (χ0v) is 15.2. The molecule has 0 radical (unpaired) electrons. The van der Waals surface area contributed by atoms with E-state index in [1.807, 2.05) is 40.1 Å². The molecule has 1 aromatic rings. The smallest absolute Gasteiger partial charge is 0.253 e. The average Bonchev–Trinajstić information content (AvgIpc) is 3.15. The molecule has 1 aromatic carbocycles. The monoisotopic (exact) mass is 367 g/mol. The third kappa shape index (κ3) is 5.42. The van der Waals surface area contributed by atoms with Crippen LogP contribution in [0.4, 0.5) is 0 Å². The highest BCUT2D eigenvalue weighted by Crippen LogP contribution is 2.11. The first-order valence-corrected chi connectivity index (χ1v) is 8.68. The lowest BCUT2D eigenvalue weighted by Gasteiger charge is -2.35. The molecule has 1 unspecified atom stereocenters. The summed E-state index contributed by atoms with van der Waals surface area (Å²) in [5.74, 6) is 0.138. The van der Waals surface area contributed by atoms with Crippen molar-refractivity contribution in [1.82, 2.24) is 15.1 Å². The van der Waals surface area contributed by atoms with Crippen molar-refractivity contribution < 1.29 is 14.3 Å². The Hall–Kier alpha value is -1.63. The van der Waals surface area contributed by atoms with Crippen molar-refractivity contribution >= 4 is 24.2 Å². The van der Waals surface area contributed by atoms with E-state index in [1.54, 1.807) is 0 Å². The zero-order valence-electron chi connectivity index (χ0n) is 14.4. The zero-order chi connectivity index (χ0) is 16.8. The molecule has 0 bridgehead atoms. The number of nitrogens with one attached hydrogen (secondary N) is 1. The summed E-state index contributed by atoms with van der Waals surface area (Å²) < 4.78 is 5.53. The maximum absolute atomic E-state index is 12.4. The second-order valence-corrected chi connectivity index (χ2v) is 6.30. The Balaban J connectivity index is 0.00000225. The molecule has 6 nitrogen and oxygen atoms in total. The number of rotatable bonds is 5. The Labute approximate surface area is 154 Å². The molecule has 1 atom stereocenters. The van der Waals surface area contributed by atoms with Crippen LogP contribution in [0.5, 0.6) is 0 Å². The van der Waals surface area contributed by atoms with E-state index in [-0.39, 0.29) is 30.3 Å². The molecular formula is C18H26ClN3O3. The van der Waals surface area contributed by atoms with E-state index in [9.17, 15) is 9.59 Å². The third-order valence-electron chi connectivity index (χ3n) is 4.61. The molecule has 0 spiro atoms. The van der Waals surface area contributed by atoms with E-state index in [4.69, 9.17) is 4.74 Å². The fraction of sp³-hybridized carbons (Fsp3) is 0.556. The summed E-state index contributed by atoms with van der Waals surface area (Å²) in [7, 11) is 0. The molecule has 2 amide bonds. The summed E-state index contributed by atoms with van der Waals surface area (Å²) in [6, 6.07) is 9.29. The molecule has 0 aromatic heterocycles. The first kappa shape index (κ1) is 19.7. The second kappa shape index (κ2) is 9.75. The molecule has 7 heteroatoms. The number of carbonyl (C=O) groups excluding carboxylic acids is 2. The van der Waals surface area contributed by atoms with Crippen LogP contribution in [0.3, 0.4) is 0 Å². The van der Waals surface area contributed by atoms with Crippen LogP contribution < -0.4 is 5.32 Å². The Kier molecular flexibility index (Phi) is 7.68. The fourth-order valence-corrected chi connectivity index (χ4v) is 3.18. The molecular weight excluding hydrogens is 342 g/mol. The van der Waals surface area contributed by atoms with Crippen molar-refractivity contribution in [3.8, 4) is 0 Å². The minimum atomic E-state index is 0. The molecule has 3 rings (SSSR count). The number of benzene rings is 1. The second-order valence-electron chi connectivity index (χ2n) is 6.30. The first-order valence-electron chi connectivity index (χ1n) is 8.68. The van der Waals surface area contributed by atoms with Gasteiger partial charge in [-0.1, -0.05) is 18.2 Å². The number of halogens is 1. The van der Waals surface area contributed by atoms with Gasteiger partial charge in [0.1, 0.15) is 0 Å². The SMILES string of the molecule is Cl.O=C(CNCC1CCCO1)N1CCN(C(=O)c2ccccc2)CC1. The third-order valence-corrected chi connectivity index (χ3v) is 4.61. The molecule has 2 saturated heterocycles. The van der Waals surface area contributed by atoms with E-state index < -0.39 is 0 Å². The van der Waals surface area contributed by atoms with Gasteiger partial charge in [-0.05, 0) is 25.0 Å². The van der Waals surface area contributed by atoms with Gasteiger partial charge in [0, 0.05) is 44.9 Å². The van der Waals surface area contributed by atoms with Gasteiger partial charge in [0.2, 0.25) is 5.91 Å². The number of hydrogen-bond acceptors (Lipinski definition) is 4. The summed E-state index contributed by atoms with van der Waals surface area (Å²) in [5, 5.41) is 3.19. The van der Waals surface area contributed by atoms with Crippen LogP contribution in [0.1, 0.15) is 23.2 Å². The van der Waals surface area contributed by atoms with Gasteiger partial charge in [-0.25, -0.2) is 0 Å². The van der Waals surface area contributed by atoms with Crippen molar-refractivity contribution in [3.05, 3.63) is 35.9 Å². The van der Waals surface area contributed by atoms with Gasteiger partial charge in [0.05, 0.1) is 12.6 Å². The van der Waals surface area contributed by atoms with E-state index in [2.05, 4.69) is 5.32 Å². The van der Waals surface area contributed by atoms with E-state index in [0.29, 0.717) is 38.3 Å². The van der Waals surface area contributed by atoms with Crippen molar-refractivity contribution in [2.45, 2.75) is 18.9 Å². The summed E-state index contributed by atoms with van der Waals surface area (Å²) in [5.41, 5.74) is 0.704. The van der Waals surface area contributed by atoms with Crippen LogP contribution >= 0.6 is 12.4 Å². The highest BCUT2D eigenvalue weighted by atomic mass is 35.5. The Morgan fingerprint density at radius 1 is 1.08 bits per heavy atom.